The normalized spacial score (nSPS) is 12.4. The van der Waals surface area contributed by atoms with Crippen molar-refractivity contribution in [1.82, 2.24) is 0 Å². The third-order valence-electron chi connectivity index (χ3n) is 8.67. The Balaban J connectivity index is 1.38. The maximum absolute atomic E-state index is 9.22. The second-order valence-corrected chi connectivity index (χ2v) is 11.1. The number of furan rings is 1. The van der Waals surface area contributed by atoms with E-state index in [1.54, 1.807) is 0 Å². The van der Waals surface area contributed by atoms with Crippen LogP contribution in [0.5, 0.6) is 0 Å². The fourth-order valence-corrected chi connectivity index (χ4v) is 6.73. The second-order valence-electron chi connectivity index (χ2n) is 11.1. The van der Waals surface area contributed by atoms with Gasteiger partial charge in [-0.1, -0.05) is 139 Å². The summed E-state index contributed by atoms with van der Waals surface area (Å²) < 4.78 is 24.9. The van der Waals surface area contributed by atoms with Gasteiger partial charge >= 0.3 is 0 Å². The van der Waals surface area contributed by atoms with E-state index in [9.17, 15) is 2.74 Å². The minimum Gasteiger partial charge on any atom is -0.456 e. The van der Waals surface area contributed by atoms with Crippen molar-refractivity contribution in [3.05, 3.63) is 158 Å². The average molecular weight is 549 g/mol. The maximum atomic E-state index is 9.22. The topological polar surface area (TPSA) is 13.1 Å². The van der Waals surface area contributed by atoms with E-state index in [1.807, 2.05) is 42.5 Å². The first kappa shape index (κ1) is 22.0. The van der Waals surface area contributed by atoms with Crippen LogP contribution in [-0.4, -0.2) is 0 Å². The molecule has 1 nitrogen and oxygen atoms in total. The largest absolute Gasteiger partial charge is 0.456 e. The first-order valence-corrected chi connectivity index (χ1v) is 14.6. The van der Waals surface area contributed by atoms with E-state index < -0.39 is 0 Å². The lowest BCUT2D eigenvalue weighted by Gasteiger charge is -2.18. The second kappa shape index (κ2) is 9.44. The SMILES string of the molecule is [2H]c1cc(-c2ccccc2)cc([2H])c1-c1c2ccccc2c(-c2cccc3oc4cc5ccccc5cc4c23)c2ccccc12. The lowest BCUT2D eigenvalue weighted by Crippen LogP contribution is -1.91. The van der Waals surface area contributed by atoms with E-state index in [4.69, 9.17) is 4.42 Å². The predicted molar refractivity (Wildman–Crippen MR) is 183 cm³/mol. The molecule has 0 spiro atoms. The van der Waals surface area contributed by atoms with Crippen molar-refractivity contribution < 1.29 is 7.16 Å². The van der Waals surface area contributed by atoms with Gasteiger partial charge in [0.15, 0.2) is 0 Å². The summed E-state index contributed by atoms with van der Waals surface area (Å²) in [5, 5.41) is 8.73. The van der Waals surface area contributed by atoms with Crippen molar-refractivity contribution in [3.63, 3.8) is 0 Å². The molecule has 1 heteroatoms. The molecule has 0 atom stereocenters. The number of hydrogen-bond donors (Lipinski definition) is 0. The third-order valence-corrected chi connectivity index (χ3v) is 8.67. The monoisotopic (exact) mass is 548 g/mol. The Morgan fingerprint density at radius 1 is 0.395 bits per heavy atom. The van der Waals surface area contributed by atoms with Crippen molar-refractivity contribution in [1.29, 1.82) is 0 Å². The van der Waals surface area contributed by atoms with E-state index in [0.717, 1.165) is 76.7 Å². The van der Waals surface area contributed by atoms with E-state index in [1.165, 1.54) is 5.39 Å². The molecule has 9 rings (SSSR count). The van der Waals surface area contributed by atoms with Gasteiger partial charge in [0.05, 0.1) is 2.74 Å². The quantitative estimate of drug-likeness (QED) is 0.200. The standard InChI is InChI=1S/C42H26O/c1-2-11-27(12-3-1)28-21-23-29(24-22-28)40-32-15-6-8-17-34(32)41(35-18-9-7-16-33(35)40)36-19-10-20-38-42(36)37-25-30-13-4-5-14-31(30)26-39(37)43-38/h1-26H/i23D,24D. The zero-order valence-corrected chi connectivity index (χ0v) is 23.3. The number of fused-ring (bicyclic) bond motifs is 6. The van der Waals surface area contributed by atoms with Crippen LogP contribution in [0.2, 0.25) is 0 Å². The van der Waals surface area contributed by atoms with Gasteiger partial charge < -0.3 is 4.42 Å². The van der Waals surface area contributed by atoms with Crippen LogP contribution in [0.4, 0.5) is 0 Å². The molecule has 0 amide bonds. The van der Waals surface area contributed by atoms with Gasteiger partial charge in [-0.3, -0.25) is 0 Å². The lowest BCUT2D eigenvalue weighted by molar-refractivity contribution is 0.669. The molecule has 0 aliphatic heterocycles. The maximum Gasteiger partial charge on any atom is 0.136 e. The predicted octanol–water partition coefficient (Wildman–Crippen LogP) is 12.0. The highest BCUT2D eigenvalue weighted by Gasteiger charge is 2.20. The molecule has 0 radical (unpaired) electrons. The molecule has 0 saturated heterocycles. The Morgan fingerprint density at radius 2 is 0.953 bits per heavy atom. The fourth-order valence-electron chi connectivity index (χ4n) is 6.73. The van der Waals surface area contributed by atoms with Crippen LogP contribution >= 0.6 is 0 Å². The van der Waals surface area contributed by atoms with Crippen LogP contribution in [0.1, 0.15) is 2.74 Å². The van der Waals surface area contributed by atoms with Crippen molar-refractivity contribution in [3.8, 4) is 33.4 Å². The highest BCUT2D eigenvalue weighted by atomic mass is 16.3. The molecular weight excluding hydrogens is 520 g/mol. The van der Waals surface area contributed by atoms with Gasteiger partial charge in [0.1, 0.15) is 11.2 Å². The number of benzene rings is 8. The smallest absolute Gasteiger partial charge is 0.136 e. The summed E-state index contributed by atoms with van der Waals surface area (Å²) in [6, 6.07) is 50.4. The summed E-state index contributed by atoms with van der Waals surface area (Å²) >= 11 is 0. The Morgan fingerprint density at radius 3 is 1.63 bits per heavy atom. The summed E-state index contributed by atoms with van der Waals surface area (Å²) in [6.45, 7) is 0. The first-order chi connectivity index (χ1) is 22.2. The fraction of sp³-hybridized carbons (Fsp3) is 0. The van der Waals surface area contributed by atoms with Crippen LogP contribution < -0.4 is 0 Å². The van der Waals surface area contributed by atoms with Crippen LogP contribution in [0.25, 0.3) is 87.6 Å². The van der Waals surface area contributed by atoms with Gasteiger partial charge in [0, 0.05) is 10.8 Å². The zero-order chi connectivity index (χ0) is 30.1. The molecule has 1 aromatic heterocycles. The van der Waals surface area contributed by atoms with Crippen molar-refractivity contribution in [2.45, 2.75) is 0 Å². The van der Waals surface area contributed by atoms with Crippen molar-refractivity contribution in [2.75, 3.05) is 0 Å². The summed E-state index contributed by atoms with van der Waals surface area (Å²) in [7, 11) is 0. The van der Waals surface area contributed by atoms with E-state index >= 15 is 0 Å². The van der Waals surface area contributed by atoms with Crippen LogP contribution in [0.15, 0.2) is 162 Å². The Labute approximate surface area is 252 Å². The Bertz CT molecular complexity index is 2530. The van der Waals surface area contributed by atoms with Crippen molar-refractivity contribution >= 4 is 54.3 Å². The van der Waals surface area contributed by atoms with Crippen LogP contribution in [0.3, 0.4) is 0 Å². The minimum absolute atomic E-state index is 0.346. The van der Waals surface area contributed by atoms with Gasteiger partial charge in [-0.2, -0.15) is 0 Å². The Kier molecular flexibility index (Phi) is 4.83. The van der Waals surface area contributed by atoms with Gasteiger partial charge in [-0.15, -0.1) is 0 Å². The molecule has 0 unspecified atom stereocenters. The number of rotatable bonds is 3. The highest BCUT2D eigenvalue weighted by molar-refractivity contribution is 6.26. The van der Waals surface area contributed by atoms with Gasteiger partial charge in [-0.25, -0.2) is 0 Å². The summed E-state index contributed by atoms with van der Waals surface area (Å²) in [5.74, 6) is 0. The van der Waals surface area contributed by atoms with E-state index in [0.29, 0.717) is 17.6 Å². The molecule has 8 aromatic carbocycles. The van der Waals surface area contributed by atoms with Crippen LogP contribution in [-0.2, 0) is 0 Å². The van der Waals surface area contributed by atoms with Gasteiger partial charge in [0.25, 0.3) is 0 Å². The molecule has 0 fully saturated rings. The zero-order valence-electron chi connectivity index (χ0n) is 25.3. The van der Waals surface area contributed by atoms with Gasteiger partial charge in [-0.05, 0) is 83.9 Å². The molecule has 0 aliphatic rings. The van der Waals surface area contributed by atoms with Gasteiger partial charge in [0.2, 0.25) is 0 Å². The molecule has 200 valence electrons. The number of hydrogen-bond acceptors (Lipinski definition) is 1. The third kappa shape index (κ3) is 3.72. The van der Waals surface area contributed by atoms with Crippen LogP contribution in [0, 0.1) is 0 Å². The van der Waals surface area contributed by atoms with E-state index in [2.05, 4.69) is 103 Å². The summed E-state index contributed by atoms with van der Waals surface area (Å²) in [4.78, 5) is 0. The lowest BCUT2D eigenvalue weighted by atomic mass is 9.84. The molecule has 0 saturated carbocycles. The molecule has 0 bridgehead atoms. The molecular formula is C42H26O. The van der Waals surface area contributed by atoms with E-state index in [-0.39, 0.29) is 0 Å². The average Bonchev–Trinajstić information content (AvgIpc) is 3.44. The summed E-state index contributed by atoms with van der Waals surface area (Å²) in [5.41, 5.74) is 7.42. The highest BCUT2D eigenvalue weighted by Crippen LogP contribution is 2.47. The molecule has 1 heterocycles. The summed E-state index contributed by atoms with van der Waals surface area (Å²) in [6.07, 6.45) is 0. The minimum atomic E-state index is 0.346. The molecule has 0 N–H and O–H groups in total. The first-order valence-electron chi connectivity index (χ1n) is 15.6. The molecule has 43 heavy (non-hydrogen) atoms. The molecule has 0 aliphatic carbocycles. The molecule has 9 aromatic rings. The van der Waals surface area contributed by atoms with Crippen molar-refractivity contribution in [2.24, 2.45) is 0 Å². The Hall–Kier alpha value is -5.66.